The summed E-state index contributed by atoms with van der Waals surface area (Å²) in [4.78, 5) is 4.47. The normalized spacial score (nSPS) is 9.94. The van der Waals surface area contributed by atoms with Crippen molar-refractivity contribution in [3.05, 3.63) is 30.3 Å². The van der Waals surface area contributed by atoms with Crippen LogP contribution < -0.4 is 11.9 Å². The van der Waals surface area contributed by atoms with Gasteiger partial charge >= 0.3 is 130 Å². The Balaban J connectivity index is 2.43. The van der Waals surface area contributed by atoms with Crippen molar-refractivity contribution >= 4 is 39.7 Å². The molecule has 16 heavy (non-hydrogen) atoms. The van der Waals surface area contributed by atoms with Gasteiger partial charge in [0.25, 0.3) is 0 Å². The molecule has 2 rings (SSSR count). The van der Waals surface area contributed by atoms with Gasteiger partial charge in [0.15, 0.2) is 0 Å². The molecule has 78 valence electrons. The van der Waals surface area contributed by atoms with Crippen LogP contribution in [-0.4, -0.2) is 10.1 Å². The second kappa shape index (κ2) is 5.28. The minimum absolute atomic E-state index is 0.267. The van der Waals surface area contributed by atoms with Crippen LogP contribution in [0, 0.1) is 43.2 Å². The third-order valence-electron chi connectivity index (χ3n) is 2.21. The molecule has 0 bridgehead atoms. The summed E-state index contributed by atoms with van der Waals surface area (Å²) in [6.45, 7) is 0. The maximum atomic E-state index is 5.42. The summed E-state index contributed by atoms with van der Waals surface area (Å²) >= 11 is 5.06. The van der Waals surface area contributed by atoms with Gasteiger partial charge < -0.3 is 0 Å². The number of nitrogens with zero attached hydrogens (tertiary/aromatic N) is 1. The summed E-state index contributed by atoms with van der Waals surface area (Å²) in [7, 11) is 0. The number of pyridine rings is 1. The zero-order valence-corrected chi connectivity index (χ0v) is 17.9. The van der Waals surface area contributed by atoms with Crippen molar-refractivity contribution in [1.29, 1.82) is 0 Å². The number of benzene rings is 1. The van der Waals surface area contributed by atoms with Crippen molar-refractivity contribution in [2.75, 3.05) is 6.17 Å². The molecule has 0 fully saturated rings. The predicted octanol–water partition coefficient (Wildman–Crippen LogP) is 1.50. The first-order valence-electron chi connectivity index (χ1n) is 4.84. The third-order valence-corrected chi connectivity index (χ3v) is 4.42. The van der Waals surface area contributed by atoms with Crippen LogP contribution >= 0.6 is 12.2 Å². The fourth-order valence-electron chi connectivity index (χ4n) is 1.48. The van der Waals surface area contributed by atoms with Crippen LogP contribution in [0.4, 0.5) is 11.5 Å². The van der Waals surface area contributed by atoms with Crippen LogP contribution in [0.1, 0.15) is 0 Å². The van der Waals surface area contributed by atoms with Crippen molar-refractivity contribution < 1.29 is 43.2 Å². The van der Waals surface area contributed by atoms with Crippen molar-refractivity contribution in [3.8, 4) is 0 Å². The molecule has 0 atom stereocenters. The Morgan fingerprint density at radius 3 is 2.81 bits per heavy atom. The van der Waals surface area contributed by atoms with Crippen LogP contribution in [-0.2, 0) is 0 Å². The zero-order chi connectivity index (χ0) is 11.5. The fourth-order valence-corrected chi connectivity index (χ4v) is 2.75. The summed E-state index contributed by atoms with van der Waals surface area (Å²) in [6.07, 6.45) is 0. The van der Waals surface area contributed by atoms with Gasteiger partial charge in [0.2, 0.25) is 0 Å². The van der Waals surface area contributed by atoms with Crippen LogP contribution in [0.25, 0.3) is 10.9 Å². The van der Waals surface area contributed by atoms with Crippen molar-refractivity contribution in [3.63, 3.8) is 0 Å². The first-order chi connectivity index (χ1) is 7.69. The third kappa shape index (κ3) is 2.83. The number of fused-ring (bicyclic) bond motifs is 1. The van der Waals surface area contributed by atoms with Crippen LogP contribution in [0.5, 0.6) is 0 Å². The average molecular weight is 444 g/mol. The molecule has 0 saturated heterocycles. The molecule has 1 heterocycles. The molecule has 4 N–H and O–H groups in total. The molecule has 0 amide bonds. The van der Waals surface area contributed by atoms with Gasteiger partial charge in [0.05, 0.1) is 0 Å². The van der Waals surface area contributed by atoms with E-state index in [2.05, 4.69) is 11.1 Å². The van der Waals surface area contributed by atoms with Crippen molar-refractivity contribution in [1.82, 2.24) is 4.98 Å². The first-order valence-corrected chi connectivity index (χ1v) is 9.36. The molecular formula is C10H10N4RaS. The molecule has 0 radical (unpaired) electrons. The van der Waals surface area contributed by atoms with E-state index in [1.165, 1.54) is 0 Å². The summed E-state index contributed by atoms with van der Waals surface area (Å²) in [5.41, 5.74) is 7.27. The number of nitrogens with one attached hydrogen (secondary N) is 2. The van der Waals surface area contributed by atoms with E-state index in [-0.39, 0.29) is 48.3 Å². The molecule has 0 spiro atoms. The molecular weight excluding hydrogens is 434 g/mol. The predicted molar refractivity (Wildman–Crippen MR) is 67.2 cm³/mol. The van der Waals surface area contributed by atoms with Crippen molar-refractivity contribution in [2.45, 2.75) is 0 Å². The Bertz CT molecular complexity index is 543. The first kappa shape index (κ1) is 12.1. The van der Waals surface area contributed by atoms with Crippen LogP contribution in [0.2, 0.25) is 0 Å². The van der Waals surface area contributed by atoms with E-state index in [0.29, 0.717) is 0 Å². The van der Waals surface area contributed by atoms with E-state index in [9.17, 15) is 0 Å². The Hall–Kier alpha value is -0.412. The van der Waals surface area contributed by atoms with Gasteiger partial charge in [-0.2, -0.15) is 0 Å². The number of anilines is 2. The van der Waals surface area contributed by atoms with Gasteiger partial charge in [-0.15, -0.1) is 0 Å². The van der Waals surface area contributed by atoms with Gasteiger partial charge in [0.1, 0.15) is 0 Å². The van der Waals surface area contributed by atoms with Crippen molar-refractivity contribution in [2.24, 2.45) is 5.73 Å². The van der Waals surface area contributed by atoms with Gasteiger partial charge in [-0.25, -0.2) is 0 Å². The van der Waals surface area contributed by atoms with Gasteiger partial charge in [-0.1, -0.05) is 0 Å². The number of nitrogens with two attached hydrogens (primary N) is 1. The molecule has 0 aliphatic heterocycles. The number of aromatic nitrogens is 1. The molecule has 1 aromatic carbocycles. The standard InChI is InChI=1S/C10H10N4S.Ra.H/c11-9-4-1-6-5-7(13-10(12)15)2-3-8(6)14-9;;/h1-5H,(H5,11,12,13,14,15);;/q;+1;/p-1. The summed E-state index contributed by atoms with van der Waals surface area (Å²) in [5, 5.41) is 4.24. The fraction of sp³-hybridized carbons (Fsp3) is 0. The van der Waals surface area contributed by atoms with E-state index in [4.69, 9.17) is 18.0 Å². The van der Waals surface area contributed by atoms with E-state index >= 15 is 0 Å². The van der Waals surface area contributed by atoms with Gasteiger partial charge in [-0.3, -0.25) is 0 Å². The summed E-state index contributed by atoms with van der Waals surface area (Å²) in [5.74, 6) is 0.952. The number of thiocarbonyl (C=S) groups is 1. The molecule has 0 unspecified atom stereocenters. The number of rotatable bonds is 2. The van der Waals surface area contributed by atoms with E-state index < -0.39 is 0 Å². The summed E-state index contributed by atoms with van der Waals surface area (Å²) < 4.78 is 3.23. The quantitative estimate of drug-likeness (QED) is 0.614. The average Bonchev–Trinajstić information content (AvgIpc) is 2.27. The molecule has 4 nitrogen and oxygen atoms in total. The Morgan fingerprint density at radius 2 is 2.12 bits per heavy atom. The minimum atomic E-state index is 0.267. The zero-order valence-electron chi connectivity index (χ0n) is 8.82. The van der Waals surface area contributed by atoms with E-state index in [0.717, 1.165) is 22.4 Å². The summed E-state index contributed by atoms with van der Waals surface area (Å²) in [6, 6.07) is 9.86. The molecule has 6 heteroatoms. The molecule has 2 aromatic rings. The SMILES string of the molecule is NC(=S)Nc1ccc2nc([NH][RaH])ccc2c1. The van der Waals surface area contributed by atoms with Crippen LogP contribution in [0.3, 0.4) is 0 Å². The molecule has 0 aliphatic carbocycles. The van der Waals surface area contributed by atoms with Gasteiger partial charge in [0, 0.05) is 0 Å². The van der Waals surface area contributed by atoms with Gasteiger partial charge in [-0.05, 0) is 0 Å². The topological polar surface area (TPSA) is 63.0 Å². The maximum absolute atomic E-state index is 5.42. The van der Waals surface area contributed by atoms with Crippen LogP contribution in [0.15, 0.2) is 30.3 Å². The monoisotopic (exact) mass is 444 g/mol. The second-order valence-corrected chi connectivity index (χ2v) is 5.84. The van der Waals surface area contributed by atoms with E-state index in [1.807, 2.05) is 30.3 Å². The molecule has 0 aliphatic rings. The second-order valence-electron chi connectivity index (χ2n) is 3.34. The van der Waals surface area contributed by atoms with E-state index in [1.54, 1.807) is 0 Å². The molecule has 0 saturated carbocycles. The number of hydrogen-bond acceptors (Lipinski definition) is 3. The number of hydrogen-bond donors (Lipinski definition) is 3. The molecule has 1 aromatic heterocycles. The Morgan fingerprint density at radius 1 is 1.31 bits per heavy atom. The Labute approximate surface area is 129 Å². The Kier molecular flexibility index (Phi) is 3.98.